The third kappa shape index (κ3) is 3.12. The van der Waals surface area contributed by atoms with Crippen LogP contribution in [0.25, 0.3) is 5.69 Å². The maximum Gasteiger partial charge on any atom is 0.418 e. The van der Waals surface area contributed by atoms with E-state index in [1.165, 1.54) is 19.3 Å². The van der Waals surface area contributed by atoms with E-state index in [0.717, 1.165) is 17.7 Å². The van der Waals surface area contributed by atoms with Gasteiger partial charge in [0.25, 0.3) is 0 Å². The van der Waals surface area contributed by atoms with Gasteiger partial charge in [0.15, 0.2) is 0 Å². The number of imidazole rings is 1. The van der Waals surface area contributed by atoms with E-state index in [1.54, 1.807) is 0 Å². The van der Waals surface area contributed by atoms with Crippen molar-refractivity contribution in [2.24, 2.45) is 0 Å². The number of methoxy groups -OCH3 is 1. The lowest BCUT2D eigenvalue weighted by atomic mass is 10.1. The zero-order valence-electron chi connectivity index (χ0n) is 12.0. The molecule has 0 radical (unpaired) electrons. The normalized spacial score (nSPS) is 11.4. The molecule has 0 fully saturated rings. The molecule has 10 heteroatoms. The summed E-state index contributed by atoms with van der Waals surface area (Å²) in [6, 6.07) is 1.30. The Morgan fingerprint density at radius 1 is 1.35 bits per heavy atom. The minimum Gasteiger partial charge on any atom is -0.465 e. The van der Waals surface area contributed by atoms with Gasteiger partial charge in [-0.1, -0.05) is 0 Å². The molecule has 2 N–H and O–H groups in total. The van der Waals surface area contributed by atoms with Gasteiger partial charge in [-0.25, -0.2) is 9.78 Å². The van der Waals surface area contributed by atoms with Gasteiger partial charge in [0.2, 0.25) is 0 Å². The Kier molecular flexibility index (Phi) is 4.30. The van der Waals surface area contributed by atoms with Gasteiger partial charge in [-0.2, -0.15) is 13.2 Å². The zero-order chi connectivity index (χ0) is 17.4. The van der Waals surface area contributed by atoms with Crippen molar-refractivity contribution < 1.29 is 33.1 Å². The third-order valence-electron chi connectivity index (χ3n) is 3.13. The Labute approximate surface area is 128 Å². The quantitative estimate of drug-likeness (QED) is 0.664. The van der Waals surface area contributed by atoms with Crippen LogP contribution in [0.3, 0.4) is 0 Å². The Morgan fingerprint density at radius 2 is 2.00 bits per heavy atom. The number of hydrogen-bond acceptors (Lipinski definition) is 6. The van der Waals surface area contributed by atoms with E-state index in [0.29, 0.717) is 6.07 Å². The predicted molar refractivity (Wildman–Crippen MR) is 70.7 cm³/mol. The molecule has 1 aromatic carbocycles. The minimum atomic E-state index is -4.80. The van der Waals surface area contributed by atoms with Gasteiger partial charge in [-0.3, -0.25) is 10.4 Å². The Hall–Kier alpha value is -2.59. The minimum absolute atomic E-state index is 0.254. The zero-order valence-corrected chi connectivity index (χ0v) is 12.0. The first-order valence-corrected chi connectivity index (χ1v) is 6.18. The summed E-state index contributed by atoms with van der Waals surface area (Å²) >= 11 is 0. The van der Waals surface area contributed by atoms with E-state index < -0.39 is 39.9 Å². The van der Waals surface area contributed by atoms with Crippen molar-refractivity contribution in [1.82, 2.24) is 9.55 Å². The van der Waals surface area contributed by atoms with E-state index in [9.17, 15) is 18.0 Å². The number of benzene rings is 1. The lowest BCUT2D eigenvalue weighted by Crippen LogP contribution is -2.20. The summed E-state index contributed by atoms with van der Waals surface area (Å²) < 4.78 is 45.5. The molecule has 0 saturated carbocycles. The van der Waals surface area contributed by atoms with Crippen LogP contribution in [0.2, 0.25) is 0 Å². The molecule has 23 heavy (non-hydrogen) atoms. The molecule has 0 aliphatic heterocycles. The molecule has 0 aliphatic rings. The van der Waals surface area contributed by atoms with E-state index in [4.69, 9.17) is 10.4 Å². The summed E-state index contributed by atoms with van der Waals surface area (Å²) in [5, 5.41) is 17.7. The number of rotatable bonds is 3. The van der Waals surface area contributed by atoms with E-state index in [-0.39, 0.29) is 5.82 Å². The Balaban J connectivity index is 2.83. The fourth-order valence-corrected chi connectivity index (χ4v) is 2.07. The van der Waals surface area contributed by atoms with Gasteiger partial charge in [-0.05, 0) is 19.1 Å². The van der Waals surface area contributed by atoms with Crippen LogP contribution in [0.1, 0.15) is 21.7 Å². The predicted octanol–water partition coefficient (Wildman–Crippen LogP) is 2.57. The first kappa shape index (κ1) is 16.8. The molecule has 0 atom stereocenters. The lowest BCUT2D eigenvalue weighted by molar-refractivity contribution is -0.137. The third-order valence-corrected chi connectivity index (χ3v) is 3.13. The van der Waals surface area contributed by atoms with Crippen LogP contribution in [0.15, 0.2) is 24.5 Å². The molecule has 1 aromatic heterocycles. The highest BCUT2D eigenvalue weighted by Gasteiger charge is 2.36. The van der Waals surface area contributed by atoms with E-state index >= 15 is 0 Å². The highest BCUT2D eigenvalue weighted by molar-refractivity contribution is 5.96. The molecule has 7 nitrogen and oxygen atoms in total. The summed E-state index contributed by atoms with van der Waals surface area (Å²) in [5.74, 6) is -0.773. The monoisotopic (exact) mass is 331 g/mol. The van der Waals surface area contributed by atoms with Crippen LogP contribution in [-0.4, -0.2) is 33.0 Å². The molecule has 0 bridgehead atoms. The summed E-state index contributed by atoms with van der Waals surface area (Å²) in [4.78, 5) is 15.6. The number of carbonyl (C=O) groups excluding carboxylic acids is 1. The second kappa shape index (κ2) is 5.89. The molecule has 2 rings (SSSR count). The molecule has 0 amide bonds. The van der Waals surface area contributed by atoms with Crippen LogP contribution in [-0.2, 0) is 10.9 Å². The maximum atomic E-state index is 13.3. The van der Waals surface area contributed by atoms with Crippen molar-refractivity contribution in [1.29, 1.82) is 0 Å². The van der Waals surface area contributed by atoms with Crippen molar-refractivity contribution in [2.45, 2.75) is 13.1 Å². The second-order valence-corrected chi connectivity index (χ2v) is 4.51. The van der Waals surface area contributed by atoms with E-state index in [1.807, 2.05) is 0 Å². The van der Waals surface area contributed by atoms with Gasteiger partial charge >= 0.3 is 12.1 Å². The summed E-state index contributed by atoms with van der Waals surface area (Å²) in [5.41, 5.74) is -2.77. The number of aryl methyl sites for hydroxylation is 1. The summed E-state index contributed by atoms with van der Waals surface area (Å²) in [7, 11) is 1.02. The van der Waals surface area contributed by atoms with Gasteiger partial charge in [0, 0.05) is 12.4 Å². The fourth-order valence-electron chi connectivity index (χ4n) is 2.07. The highest BCUT2D eigenvalue weighted by atomic mass is 19.4. The first-order valence-electron chi connectivity index (χ1n) is 6.18. The van der Waals surface area contributed by atoms with Gasteiger partial charge in [0.05, 0.1) is 23.9 Å². The van der Waals surface area contributed by atoms with Gasteiger partial charge in [0.1, 0.15) is 11.5 Å². The average molecular weight is 331 g/mol. The van der Waals surface area contributed by atoms with Crippen molar-refractivity contribution in [3.63, 3.8) is 0 Å². The molecule has 0 saturated heterocycles. The number of carbonyl (C=O) groups is 1. The van der Waals surface area contributed by atoms with Crippen molar-refractivity contribution >= 4 is 11.7 Å². The Bertz CT molecular complexity index is 741. The van der Waals surface area contributed by atoms with Gasteiger partial charge in [-0.15, -0.1) is 5.23 Å². The van der Waals surface area contributed by atoms with Crippen LogP contribution in [0.4, 0.5) is 18.9 Å². The number of nitrogens with zero attached hydrogens (tertiary/aromatic N) is 3. The van der Waals surface area contributed by atoms with Crippen molar-refractivity contribution in [3.8, 4) is 5.69 Å². The highest BCUT2D eigenvalue weighted by Crippen LogP contribution is 2.38. The SMILES string of the molecule is COC(=O)c1cc(-n2ccnc2C)c(C(F)(F)F)cc1N(O)O. The largest absolute Gasteiger partial charge is 0.465 e. The standard InChI is InChI=1S/C13H12F3N3O4/c1-7-17-3-4-18(7)11-5-8(12(20)23-2)10(19(21)22)6-9(11)13(14,15)16/h3-6,21-22H,1-2H3. The molecular formula is C13H12F3N3O4. The van der Waals surface area contributed by atoms with Crippen LogP contribution in [0.5, 0.6) is 0 Å². The summed E-state index contributed by atoms with van der Waals surface area (Å²) in [6.45, 7) is 1.48. The number of halogens is 3. The molecule has 124 valence electrons. The van der Waals surface area contributed by atoms with Crippen molar-refractivity contribution in [3.05, 3.63) is 41.5 Å². The molecule has 0 aliphatic carbocycles. The summed E-state index contributed by atoms with van der Waals surface area (Å²) in [6.07, 6.45) is -2.21. The Morgan fingerprint density at radius 3 is 2.43 bits per heavy atom. The number of hydrogen-bond donors (Lipinski definition) is 2. The average Bonchev–Trinajstić information content (AvgIpc) is 2.90. The number of esters is 1. The van der Waals surface area contributed by atoms with Crippen LogP contribution < -0.4 is 5.23 Å². The second-order valence-electron chi connectivity index (χ2n) is 4.51. The number of aromatic nitrogens is 2. The first-order chi connectivity index (χ1) is 10.7. The molecule has 1 heterocycles. The molecule has 0 spiro atoms. The maximum absolute atomic E-state index is 13.3. The number of anilines is 1. The van der Waals surface area contributed by atoms with E-state index in [2.05, 4.69) is 9.72 Å². The number of ether oxygens (including phenoxy) is 1. The molecular weight excluding hydrogens is 319 g/mol. The topological polar surface area (TPSA) is 87.8 Å². The van der Waals surface area contributed by atoms with Crippen LogP contribution >= 0.6 is 0 Å². The smallest absolute Gasteiger partial charge is 0.418 e. The van der Waals surface area contributed by atoms with Crippen LogP contribution in [0, 0.1) is 6.92 Å². The van der Waals surface area contributed by atoms with Crippen molar-refractivity contribution in [2.75, 3.05) is 12.3 Å². The lowest BCUT2D eigenvalue weighted by Gasteiger charge is -2.20. The molecule has 0 unspecified atom stereocenters. The fraction of sp³-hybridized carbons (Fsp3) is 0.231. The van der Waals surface area contributed by atoms with Gasteiger partial charge < -0.3 is 9.30 Å². The number of alkyl halides is 3. The molecule has 2 aromatic rings.